The van der Waals surface area contributed by atoms with E-state index in [0.29, 0.717) is 0 Å². The number of rotatable bonds is 3. The number of aliphatic hydroxyl groups is 1. The first-order valence-corrected chi connectivity index (χ1v) is 4.04. The molecule has 0 saturated heterocycles. The first-order valence-electron chi connectivity index (χ1n) is 2.57. The Morgan fingerprint density at radius 2 is 2.20 bits per heavy atom. The topological polar surface area (TPSA) is 20.2 Å². The molecule has 0 aromatic carbocycles. The fourth-order valence-corrected chi connectivity index (χ4v) is 0.951. The van der Waals surface area contributed by atoms with Crippen LogP contribution < -0.4 is 0 Å². The first-order chi connectivity index (χ1) is 4.20. The molecule has 0 spiro atoms. The van der Waals surface area contributed by atoms with E-state index in [1.165, 1.54) is 29.3 Å². The summed E-state index contributed by atoms with van der Waals surface area (Å²) in [5, 5.41) is 8.59. The zero-order valence-corrected chi connectivity index (χ0v) is 8.23. The standard InChI is InChI=1S/C7H9O.CH4.W/c1-3-5-7(4-2)6-8;;/h2,4-5,8H,6H2,1H3;1H4;/q-1;;. The van der Waals surface area contributed by atoms with Gasteiger partial charge in [0.2, 0.25) is 0 Å². The Morgan fingerprint density at radius 1 is 1.70 bits per heavy atom. The molecule has 1 N–H and O–H groups in total. The molecule has 58 valence electrons. The van der Waals surface area contributed by atoms with Gasteiger partial charge in [-0.05, 0) is 0 Å². The van der Waals surface area contributed by atoms with E-state index in [4.69, 9.17) is 11.7 Å². The van der Waals surface area contributed by atoms with Gasteiger partial charge in [0.25, 0.3) is 0 Å². The first kappa shape index (κ1) is 12.7. The van der Waals surface area contributed by atoms with Crippen molar-refractivity contribution in [2.75, 3.05) is 6.61 Å². The molecule has 0 atom stereocenters. The van der Waals surface area contributed by atoms with Crippen LogP contribution in [0.4, 0.5) is 0 Å². The second-order valence-corrected chi connectivity index (χ2v) is 3.97. The number of allylic oxidation sites excluding steroid dienone is 1. The van der Waals surface area contributed by atoms with Gasteiger partial charge in [-0.1, -0.05) is 7.43 Å². The number of aliphatic hydroxyl groups excluding tert-OH is 1. The van der Waals surface area contributed by atoms with Crippen LogP contribution in [0, 0.1) is 6.58 Å². The Bertz CT molecular complexity index is 147. The van der Waals surface area contributed by atoms with Crippen LogP contribution in [0.3, 0.4) is 0 Å². The van der Waals surface area contributed by atoms with E-state index in [2.05, 4.69) is 0 Å². The van der Waals surface area contributed by atoms with Gasteiger partial charge in [0.15, 0.2) is 0 Å². The predicted molar refractivity (Wildman–Crippen MR) is 41.5 cm³/mol. The summed E-state index contributed by atoms with van der Waals surface area (Å²) in [5.41, 5.74) is 0.780. The molecule has 0 heterocycles. The van der Waals surface area contributed by atoms with E-state index in [1.807, 2.05) is 13.0 Å². The molecule has 0 fully saturated rings. The van der Waals surface area contributed by atoms with Crippen LogP contribution in [0.1, 0.15) is 14.4 Å². The Morgan fingerprint density at radius 3 is 2.30 bits per heavy atom. The Kier molecular flexibility index (Phi) is 9.00. The van der Waals surface area contributed by atoms with E-state index in [9.17, 15) is 0 Å². The molecule has 0 saturated carbocycles. The van der Waals surface area contributed by atoms with Gasteiger partial charge in [0.05, 0.1) is 0 Å². The van der Waals surface area contributed by atoms with Crippen LogP contribution in [0.15, 0.2) is 17.7 Å². The molecule has 10 heavy (non-hydrogen) atoms. The third-order valence-corrected chi connectivity index (χ3v) is 1.21. The van der Waals surface area contributed by atoms with Crippen molar-refractivity contribution in [3.63, 3.8) is 0 Å². The average Bonchev–Trinajstić information content (AvgIpc) is 1.82. The van der Waals surface area contributed by atoms with Crippen molar-refractivity contribution in [3.8, 4) is 0 Å². The van der Waals surface area contributed by atoms with Crippen LogP contribution in [-0.4, -0.2) is 15.6 Å². The van der Waals surface area contributed by atoms with E-state index in [1.54, 1.807) is 0 Å². The van der Waals surface area contributed by atoms with Crippen LogP contribution in [0.5, 0.6) is 0 Å². The summed E-state index contributed by atoms with van der Waals surface area (Å²) >= 11 is 1.40. The van der Waals surface area contributed by atoms with Gasteiger partial charge in [-0.25, -0.2) is 0 Å². The molecule has 0 aliphatic rings. The second-order valence-electron chi connectivity index (χ2n) is 1.65. The maximum absolute atomic E-state index is 8.59. The molecule has 0 amide bonds. The van der Waals surface area contributed by atoms with Crippen LogP contribution in [0.25, 0.3) is 0 Å². The second kappa shape index (κ2) is 7.11. The molecule has 0 aliphatic heterocycles. The minimum atomic E-state index is 0. The van der Waals surface area contributed by atoms with Crippen molar-refractivity contribution < 1.29 is 24.5 Å². The Hall–Kier alpha value is -0.00169. The molecule has 0 radical (unpaired) electrons. The summed E-state index contributed by atoms with van der Waals surface area (Å²) in [6.45, 7) is 7.20. The minimum absolute atomic E-state index is 0. The third kappa shape index (κ3) is 6.12. The molecule has 0 aliphatic carbocycles. The quantitative estimate of drug-likeness (QED) is 0.615. The molecule has 0 bridgehead atoms. The van der Waals surface area contributed by atoms with Crippen molar-refractivity contribution in [1.29, 1.82) is 0 Å². The van der Waals surface area contributed by atoms with E-state index < -0.39 is 0 Å². The molecule has 0 unspecified atom stereocenters. The summed E-state index contributed by atoms with van der Waals surface area (Å²) in [5.74, 6) is 0. The maximum atomic E-state index is 8.59. The zero-order chi connectivity index (χ0) is 7.28. The van der Waals surface area contributed by atoms with E-state index >= 15 is 0 Å². The third-order valence-electron chi connectivity index (χ3n) is 0.785. The summed E-state index contributed by atoms with van der Waals surface area (Å²) < 4.78 is 1.22. The normalized spacial score (nSPS) is 10.0. The Balaban J connectivity index is 0. The SMILES string of the molecule is C.[CH-]=CC(=C[C](C)=[W])CO. The monoisotopic (exact) mass is 309 g/mol. The Labute approximate surface area is 73.9 Å². The summed E-state index contributed by atoms with van der Waals surface area (Å²) in [7, 11) is 0. The molecular weight excluding hydrogens is 296 g/mol. The van der Waals surface area contributed by atoms with Gasteiger partial charge in [0, 0.05) is 0 Å². The average molecular weight is 309 g/mol. The molecular formula is C8H13OW-. The van der Waals surface area contributed by atoms with Crippen LogP contribution >= 0.6 is 0 Å². The van der Waals surface area contributed by atoms with Crippen LogP contribution in [-0.2, 0) is 19.4 Å². The van der Waals surface area contributed by atoms with Crippen molar-refractivity contribution >= 4 is 3.90 Å². The van der Waals surface area contributed by atoms with Gasteiger partial charge in [0.1, 0.15) is 0 Å². The van der Waals surface area contributed by atoms with Gasteiger partial charge in [-0.3, -0.25) is 0 Å². The fourth-order valence-electron chi connectivity index (χ4n) is 0.408. The fraction of sp³-hybridized carbons (Fsp3) is 0.375. The summed E-state index contributed by atoms with van der Waals surface area (Å²) in [4.78, 5) is 0. The molecule has 0 aromatic rings. The summed E-state index contributed by atoms with van der Waals surface area (Å²) in [6, 6.07) is 0. The summed E-state index contributed by atoms with van der Waals surface area (Å²) in [6.07, 6.45) is 3.31. The van der Waals surface area contributed by atoms with Gasteiger partial charge < -0.3 is 0 Å². The zero-order valence-electron chi connectivity index (χ0n) is 5.29. The van der Waals surface area contributed by atoms with Crippen molar-refractivity contribution in [1.82, 2.24) is 0 Å². The van der Waals surface area contributed by atoms with Crippen molar-refractivity contribution in [2.45, 2.75) is 14.4 Å². The van der Waals surface area contributed by atoms with Crippen molar-refractivity contribution in [3.05, 3.63) is 24.3 Å². The van der Waals surface area contributed by atoms with Gasteiger partial charge in [-0.2, -0.15) is 0 Å². The van der Waals surface area contributed by atoms with Gasteiger partial charge >= 0.3 is 66.2 Å². The van der Waals surface area contributed by atoms with E-state index in [-0.39, 0.29) is 14.0 Å². The molecule has 0 rings (SSSR count). The van der Waals surface area contributed by atoms with E-state index in [0.717, 1.165) is 5.57 Å². The molecule has 2 heteroatoms. The molecule has 1 nitrogen and oxygen atoms in total. The van der Waals surface area contributed by atoms with Crippen molar-refractivity contribution in [2.24, 2.45) is 0 Å². The predicted octanol–water partition coefficient (Wildman–Crippen LogP) is 1.27. The number of hydrogen-bond donors (Lipinski definition) is 1. The molecule has 0 aromatic heterocycles. The van der Waals surface area contributed by atoms with Gasteiger partial charge in [-0.15, -0.1) is 0 Å². The van der Waals surface area contributed by atoms with Crippen LogP contribution in [0.2, 0.25) is 0 Å². The number of hydrogen-bond acceptors (Lipinski definition) is 1.